The highest BCUT2D eigenvalue weighted by Crippen LogP contribution is 2.27. The van der Waals surface area contributed by atoms with E-state index in [2.05, 4.69) is 10.6 Å². The molecule has 0 saturated heterocycles. The number of halogens is 2. The lowest BCUT2D eigenvalue weighted by Gasteiger charge is -2.11. The predicted octanol–water partition coefficient (Wildman–Crippen LogP) is 4.17. The van der Waals surface area contributed by atoms with E-state index in [0.29, 0.717) is 47.5 Å². The van der Waals surface area contributed by atoms with E-state index in [0.717, 1.165) is 11.3 Å². The average molecular weight is 397 g/mol. The smallest absolute Gasteiger partial charge is 0.221 e. The number of benzene rings is 2. The number of hydrogen-bond donors (Lipinski definition) is 2. The summed E-state index contributed by atoms with van der Waals surface area (Å²) in [5, 5.41) is 7.14. The lowest BCUT2D eigenvalue weighted by Crippen LogP contribution is -2.27. The first-order valence-electron chi connectivity index (χ1n) is 8.20. The molecular weight excluding hydrogens is 375 g/mol. The van der Waals surface area contributed by atoms with Crippen LogP contribution in [0.1, 0.15) is 12.0 Å². The quantitative estimate of drug-likeness (QED) is 0.667. The third kappa shape index (κ3) is 6.00. The molecular formula is C19H22Cl2N2O3. The van der Waals surface area contributed by atoms with Crippen molar-refractivity contribution in [1.82, 2.24) is 5.32 Å². The van der Waals surface area contributed by atoms with E-state index in [1.165, 1.54) is 0 Å². The van der Waals surface area contributed by atoms with Gasteiger partial charge >= 0.3 is 0 Å². The molecule has 1 amide bonds. The van der Waals surface area contributed by atoms with Crippen molar-refractivity contribution in [1.29, 1.82) is 0 Å². The van der Waals surface area contributed by atoms with Crippen LogP contribution in [0.15, 0.2) is 36.4 Å². The fourth-order valence-corrected chi connectivity index (χ4v) is 2.89. The van der Waals surface area contributed by atoms with E-state index in [1.807, 2.05) is 18.2 Å². The molecule has 0 aliphatic carbocycles. The topological polar surface area (TPSA) is 59.6 Å². The van der Waals surface area contributed by atoms with Crippen LogP contribution in [0, 0.1) is 0 Å². The largest absolute Gasteiger partial charge is 0.493 e. The van der Waals surface area contributed by atoms with E-state index in [9.17, 15) is 4.79 Å². The molecule has 0 heterocycles. The monoisotopic (exact) mass is 396 g/mol. The van der Waals surface area contributed by atoms with Crippen LogP contribution in [0.3, 0.4) is 0 Å². The summed E-state index contributed by atoms with van der Waals surface area (Å²) in [5.74, 6) is 1.34. The molecule has 0 unspecified atom stereocenters. The van der Waals surface area contributed by atoms with Crippen molar-refractivity contribution in [2.75, 3.05) is 32.6 Å². The molecule has 5 nitrogen and oxygen atoms in total. The van der Waals surface area contributed by atoms with E-state index >= 15 is 0 Å². The highest BCUT2D eigenvalue weighted by molar-refractivity contribution is 6.36. The van der Waals surface area contributed by atoms with Crippen molar-refractivity contribution in [3.8, 4) is 11.5 Å². The number of nitrogens with one attached hydrogen (secondary N) is 2. The molecule has 0 bridgehead atoms. The van der Waals surface area contributed by atoms with Crippen LogP contribution >= 0.6 is 23.2 Å². The second-order valence-corrected chi connectivity index (χ2v) is 6.43. The van der Waals surface area contributed by atoms with Gasteiger partial charge in [-0.05, 0) is 42.3 Å². The van der Waals surface area contributed by atoms with Crippen LogP contribution in [0.25, 0.3) is 0 Å². The first kappa shape index (κ1) is 20.2. The van der Waals surface area contributed by atoms with Crippen LogP contribution in [0.5, 0.6) is 11.5 Å². The van der Waals surface area contributed by atoms with E-state index in [-0.39, 0.29) is 5.91 Å². The third-order valence-electron chi connectivity index (χ3n) is 3.78. The minimum atomic E-state index is -0.0249. The van der Waals surface area contributed by atoms with Gasteiger partial charge in [0, 0.05) is 24.5 Å². The summed E-state index contributed by atoms with van der Waals surface area (Å²) >= 11 is 11.9. The molecule has 0 atom stereocenters. The van der Waals surface area contributed by atoms with Crippen molar-refractivity contribution >= 4 is 34.8 Å². The Balaban J connectivity index is 1.72. The first-order chi connectivity index (χ1) is 12.5. The summed E-state index contributed by atoms with van der Waals surface area (Å²) in [6.07, 6.45) is 1.06. The Labute approximate surface area is 163 Å². The van der Waals surface area contributed by atoms with Crippen LogP contribution in [-0.4, -0.2) is 33.2 Å². The maximum Gasteiger partial charge on any atom is 0.221 e. The second kappa shape index (κ2) is 10.1. The molecule has 2 aromatic rings. The molecule has 0 aromatic heterocycles. The highest BCUT2D eigenvalue weighted by Gasteiger charge is 2.06. The molecule has 2 N–H and O–H groups in total. The number of ether oxygens (including phenoxy) is 2. The summed E-state index contributed by atoms with van der Waals surface area (Å²) in [7, 11) is 3.20. The van der Waals surface area contributed by atoms with Gasteiger partial charge < -0.3 is 20.1 Å². The van der Waals surface area contributed by atoms with Crippen molar-refractivity contribution in [3.63, 3.8) is 0 Å². The maximum absolute atomic E-state index is 11.9. The molecule has 2 aromatic carbocycles. The number of anilines is 1. The third-order valence-corrected chi connectivity index (χ3v) is 4.33. The van der Waals surface area contributed by atoms with Gasteiger partial charge in [-0.25, -0.2) is 0 Å². The van der Waals surface area contributed by atoms with Gasteiger partial charge in [-0.3, -0.25) is 4.79 Å². The Morgan fingerprint density at radius 2 is 1.77 bits per heavy atom. The Hall–Kier alpha value is -2.11. The van der Waals surface area contributed by atoms with E-state index < -0.39 is 0 Å². The summed E-state index contributed by atoms with van der Waals surface area (Å²) in [4.78, 5) is 11.9. The molecule has 0 radical (unpaired) electrons. The molecule has 2 rings (SSSR count). The highest BCUT2D eigenvalue weighted by atomic mass is 35.5. The fraction of sp³-hybridized carbons (Fsp3) is 0.316. The van der Waals surface area contributed by atoms with Crippen molar-refractivity contribution in [2.24, 2.45) is 0 Å². The number of carbonyl (C=O) groups excluding carboxylic acids is 1. The van der Waals surface area contributed by atoms with Crippen LogP contribution in [-0.2, 0) is 11.2 Å². The summed E-state index contributed by atoms with van der Waals surface area (Å²) in [6.45, 7) is 1.04. The normalized spacial score (nSPS) is 10.3. The lowest BCUT2D eigenvalue weighted by atomic mass is 10.1. The van der Waals surface area contributed by atoms with Gasteiger partial charge in [-0.15, -0.1) is 0 Å². The number of amides is 1. The van der Waals surface area contributed by atoms with Gasteiger partial charge in [-0.1, -0.05) is 29.3 Å². The van der Waals surface area contributed by atoms with Crippen molar-refractivity contribution in [3.05, 3.63) is 52.0 Å². The standard InChI is InChI=1S/C19H22Cl2N2O3/c1-25-17-6-3-13(11-18(17)26-2)7-9-23-19(24)8-10-22-16-5-4-14(20)12-15(16)21/h3-6,11-12,22H,7-10H2,1-2H3,(H,23,24). The van der Waals surface area contributed by atoms with Crippen molar-refractivity contribution in [2.45, 2.75) is 12.8 Å². The SMILES string of the molecule is COc1ccc(CCNC(=O)CCNc2ccc(Cl)cc2Cl)cc1OC. The molecule has 140 valence electrons. The minimum Gasteiger partial charge on any atom is -0.493 e. The van der Waals surface area contributed by atoms with E-state index in [4.69, 9.17) is 32.7 Å². The zero-order chi connectivity index (χ0) is 18.9. The number of rotatable bonds is 9. The molecule has 0 fully saturated rings. The van der Waals surface area contributed by atoms with Gasteiger partial charge in [-0.2, -0.15) is 0 Å². The summed E-state index contributed by atoms with van der Waals surface area (Å²) in [5.41, 5.74) is 1.82. The Morgan fingerprint density at radius 1 is 1.00 bits per heavy atom. The summed E-state index contributed by atoms with van der Waals surface area (Å²) in [6, 6.07) is 10.9. The number of hydrogen-bond acceptors (Lipinski definition) is 4. The van der Waals surface area contributed by atoms with Crippen LogP contribution in [0.2, 0.25) is 10.0 Å². The Morgan fingerprint density at radius 3 is 2.46 bits per heavy atom. The van der Waals surface area contributed by atoms with Crippen LogP contribution < -0.4 is 20.1 Å². The first-order valence-corrected chi connectivity index (χ1v) is 8.95. The van der Waals surface area contributed by atoms with Crippen LogP contribution in [0.4, 0.5) is 5.69 Å². The molecule has 0 saturated carbocycles. The van der Waals surface area contributed by atoms with Gasteiger partial charge in [0.15, 0.2) is 11.5 Å². The molecule has 0 spiro atoms. The van der Waals surface area contributed by atoms with Crippen molar-refractivity contribution < 1.29 is 14.3 Å². The summed E-state index contributed by atoms with van der Waals surface area (Å²) < 4.78 is 10.5. The predicted molar refractivity (Wildman–Crippen MR) is 106 cm³/mol. The molecule has 0 aliphatic rings. The Bertz CT molecular complexity index is 754. The maximum atomic E-state index is 11.9. The molecule has 0 aliphatic heterocycles. The van der Waals surface area contributed by atoms with Gasteiger partial charge in [0.2, 0.25) is 5.91 Å². The van der Waals surface area contributed by atoms with Gasteiger partial charge in [0.25, 0.3) is 0 Å². The zero-order valence-electron chi connectivity index (χ0n) is 14.8. The second-order valence-electron chi connectivity index (χ2n) is 5.59. The van der Waals surface area contributed by atoms with Gasteiger partial charge in [0.05, 0.1) is 24.9 Å². The zero-order valence-corrected chi connectivity index (χ0v) is 16.3. The van der Waals surface area contributed by atoms with Gasteiger partial charge in [0.1, 0.15) is 0 Å². The average Bonchev–Trinajstić information content (AvgIpc) is 2.63. The minimum absolute atomic E-state index is 0.0249. The number of methoxy groups -OCH3 is 2. The lowest BCUT2D eigenvalue weighted by molar-refractivity contribution is -0.120. The molecule has 7 heteroatoms. The fourth-order valence-electron chi connectivity index (χ4n) is 2.41. The Kier molecular flexibility index (Phi) is 7.88. The number of carbonyl (C=O) groups is 1. The van der Waals surface area contributed by atoms with E-state index in [1.54, 1.807) is 32.4 Å². The molecule has 26 heavy (non-hydrogen) atoms.